The quantitative estimate of drug-likeness (QED) is 0.820. The summed E-state index contributed by atoms with van der Waals surface area (Å²) in [5.41, 5.74) is 3.02. The van der Waals surface area contributed by atoms with Crippen LogP contribution in [0.25, 0.3) is 0 Å². The standard InChI is InChI=1S/C17H28N2/c1-13(2)15-8-6-7-9-16(15)17-12-19(14(3)4)11-10-18(17)5/h6-9,13-14,17H,10-12H2,1-5H3. The van der Waals surface area contributed by atoms with E-state index in [2.05, 4.69) is 68.8 Å². The summed E-state index contributed by atoms with van der Waals surface area (Å²) in [6.45, 7) is 12.7. The van der Waals surface area contributed by atoms with Crippen molar-refractivity contribution in [2.75, 3.05) is 26.7 Å². The Morgan fingerprint density at radius 1 is 1.05 bits per heavy atom. The van der Waals surface area contributed by atoms with Crippen molar-refractivity contribution in [2.24, 2.45) is 0 Å². The minimum absolute atomic E-state index is 0.537. The molecule has 0 aromatic heterocycles. The van der Waals surface area contributed by atoms with Gasteiger partial charge in [-0.3, -0.25) is 9.80 Å². The van der Waals surface area contributed by atoms with Crippen molar-refractivity contribution < 1.29 is 0 Å². The largest absolute Gasteiger partial charge is 0.298 e. The normalized spacial score (nSPS) is 22.4. The van der Waals surface area contributed by atoms with Crippen molar-refractivity contribution in [3.05, 3.63) is 35.4 Å². The van der Waals surface area contributed by atoms with Gasteiger partial charge < -0.3 is 0 Å². The second-order valence-electron chi connectivity index (χ2n) is 6.37. The third kappa shape index (κ3) is 3.18. The number of rotatable bonds is 3. The third-order valence-electron chi connectivity index (χ3n) is 4.39. The molecule has 0 amide bonds. The van der Waals surface area contributed by atoms with Crippen LogP contribution in [-0.2, 0) is 0 Å². The molecular weight excluding hydrogens is 232 g/mol. The van der Waals surface area contributed by atoms with Gasteiger partial charge in [-0.2, -0.15) is 0 Å². The topological polar surface area (TPSA) is 6.48 Å². The smallest absolute Gasteiger partial charge is 0.0475 e. The summed E-state index contributed by atoms with van der Waals surface area (Å²) >= 11 is 0. The fourth-order valence-corrected chi connectivity index (χ4v) is 3.04. The van der Waals surface area contributed by atoms with Crippen LogP contribution in [-0.4, -0.2) is 42.5 Å². The Balaban J connectivity index is 2.28. The summed E-state index contributed by atoms with van der Waals surface area (Å²) in [5, 5.41) is 0. The molecule has 2 heteroatoms. The van der Waals surface area contributed by atoms with E-state index < -0.39 is 0 Å². The van der Waals surface area contributed by atoms with Gasteiger partial charge in [0.15, 0.2) is 0 Å². The van der Waals surface area contributed by atoms with Gasteiger partial charge in [0.2, 0.25) is 0 Å². The summed E-state index contributed by atoms with van der Waals surface area (Å²) in [6, 6.07) is 10.1. The minimum Gasteiger partial charge on any atom is -0.298 e. The first-order valence-electron chi connectivity index (χ1n) is 7.53. The number of hydrogen-bond donors (Lipinski definition) is 0. The molecule has 0 saturated carbocycles. The Hall–Kier alpha value is -0.860. The molecule has 1 saturated heterocycles. The molecule has 1 atom stereocenters. The molecule has 1 heterocycles. The number of piperazine rings is 1. The fourth-order valence-electron chi connectivity index (χ4n) is 3.04. The molecule has 2 rings (SSSR count). The molecular formula is C17H28N2. The van der Waals surface area contributed by atoms with E-state index in [0.717, 1.165) is 13.1 Å². The van der Waals surface area contributed by atoms with Gasteiger partial charge in [-0.15, -0.1) is 0 Å². The first kappa shape index (κ1) is 14.5. The lowest BCUT2D eigenvalue weighted by atomic mass is 9.91. The summed E-state index contributed by atoms with van der Waals surface area (Å²) in [7, 11) is 2.26. The minimum atomic E-state index is 0.537. The molecule has 0 bridgehead atoms. The van der Waals surface area contributed by atoms with Crippen LogP contribution in [0.5, 0.6) is 0 Å². The molecule has 2 nitrogen and oxygen atoms in total. The van der Waals surface area contributed by atoms with Crippen molar-refractivity contribution in [1.82, 2.24) is 9.80 Å². The van der Waals surface area contributed by atoms with E-state index in [1.807, 2.05) is 0 Å². The highest BCUT2D eigenvalue weighted by atomic mass is 15.3. The Labute approximate surface area is 118 Å². The first-order valence-corrected chi connectivity index (χ1v) is 7.53. The van der Waals surface area contributed by atoms with Gasteiger partial charge in [-0.25, -0.2) is 0 Å². The Bertz CT molecular complexity index is 411. The number of hydrogen-bond acceptors (Lipinski definition) is 2. The zero-order valence-corrected chi connectivity index (χ0v) is 13.1. The van der Waals surface area contributed by atoms with Gasteiger partial charge in [-0.05, 0) is 37.9 Å². The highest BCUT2D eigenvalue weighted by Gasteiger charge is 2.28. The van der Waals surface area contributed by atoms with Crippen LogP contribution in [0.2, 0.25) is 0 Å². The van der Waals surface area contributed by atoms with Crippen LogP contribution in [0.15, 0.2) is 24.3 Å². The molecule has 0 spiro atoms. The van der Waals surface area contributed by atoms with Crippen molar-refractivity contribution in [2.45, 2.75) is 45.7 Å². The van der Waals surface area contributed by atoms with E-state index in [4.69, 9.17) is 0 Å². The molecule has 0 radical (unpaired) electrons. The molecule has 1 aliphatic heterocycles. The molecule has 1 aromatic rings. The monoisotopic (exact) mass is 260 g/mol. The van der Waals surface area contributed by atoms with E-state index in [0.29, 0.717) is 18.0 Å². The fraction of sp³-hybridized carbons (Fsp3) is 0.647. The molecule has 19 heavy (non-hydrogen) atoms. The number of nitrogens with zero attached hydrogens (tertiary/aromatic N) is 2. The Morgan fingerprint density at radius 2 is 1.74 bits per heavy atom. The molecule has 0 aliphatic carbocycles. The van der Waals surface area contributed by atoms with Crippen LogP contribution >= 0.6 is 0 Å². The highest BCUT2D eigenvalue weighted by Crippen LogP contribution is 2.31. The summed E-state index contributed by atoms with van der Waals surface area (Å²) in [6.07, 6.45) is 0. The van der Waals surface area contributed by atoms with E-state index in [-0.39, 0.29) is 0 Å². The van der Waals surface area contributed by atoms with Crippen LogP contribution in [0.4, 0.5) is 0 Å². The van der Waals surface area contributed by atoms with Crippen molar-refractivity contribution in [1.29, 1.82) is 0 Å². The van der Waals surface area contributed by atoms with Gasteiger partial charge in [0.25, 0.3) is 0 Å². The molecule has 1 aliphatic rings. The Kier molecular flexibility index (Phi) is 4.64. The lowest BCUT2D eigenvalue weighted by molar-refractivity contribution is 0.0740. The SMILES string of the molecule is CC(C)c1ccccc1C1CN(C(C)C)CCN1C. The third-order valence-corrected chi connectivity index (χ3v) is 4.39. The van der Waals surface area contributed by atoms with Crippen molar-refractivity contribution in [3.63, 3.8) is 0 Å². The number of likely N-dealkylation sites (N-methyl/N-ethyl adjacent to an activating group) is 1. The molecule has 1 unspecified atom stereocenters. The lowest BCUT2D eigenvalue weighted by Gasteiger charge is -2.42. The van der Waals surface area contributed by atoms with Crippen molar-refractivity contribution >= 4 is 0 Å². The second-order valence-corrected chi connectivity index (χ2v) is 6.37. The summed E-state index contributed by atoms with van der Waals surface area (Å²) in [5.74, 6) is 0.596. The predicted octanol–water partition coefficient (Wildman–Crippen LogP) is 3.51. The van der Waals surface area contributed by atoms with Crippen LogP contribution in [0.3, 0.4) is 0 Å². The summed E-state index contributed by atoms with van der Waals surface area (Å²) in [4.78, 5) is 5.11. The first-order chi connectivity index (χ1) is 9.00. The highest BCUT2D eigenvalue weighted by molar-refractivity contribution is 5.33. The van der Waals surface area contributed by atoms with Crippen molar-refractivity contribution in [3.8, 4) is 0 Å². The molecule has 1 aromatic carbocycles. The van der Waals surface area contributed by atoms with Gasteiger partial charge in [0.1, 0.15) is 0 Å². The van der Waals surface area contributed by atoms with E-state index >= 15 is 0 Å². The average Bonchev–Trinajstić information content (AvgIpc) is 2.39. The predicted molar refractivity (Wildman–Crippen MR) is 82.6 cm³/mol. The Morgan fingerprint density at radius 3 is 2.37 bits per heavy atom. The van der Waals surface area contributed by atoms with E-state index in [9.17, 15) is 0 Å². The zero-order valence-electron chi connectivity index (χ0n) is 13.1. The molecule has 106 valence electrons. The number of benzene rings is 1. The van der Waals surface area contributed by atoms with Gasteiger partial charge in [0, 0.05) is 31.7 Å². The zero-order chi connectivity index (χ0) is 14.0. The van der Waals surface area contributed by atoms with Gasteiger partial charge >= 0.3 is 0 Å². The molecule has 0 N–H and O–H groups in total. The maximum Gasteiger partial charge on any atom is 0.0475 e. The van der Waals surface area contributed by atoms with Crippen LogP contribution < -0.4 is 0 Å². The lowest BCUT2D eigenvalue weighted by Crippen LogP contribution is -2.49. The maximum absolute atomic E-state index is 2.60. The average molecular weight is 260 g/mol. The van der Waals surface area contributed by atoms with Crippen LogP contribution in [0.1, 0.15) is 50.8 Å². The second kappa shape index (κ2) is 6.06. The summed E-state index contributed by atoms with van der Waals surface area (Å²) < 4.78 is 0. The van der Waals surface area contributed by atoms with Gasteiger partial charge in [-0.1, -0.05) is 38.1 Å². The van der Waals surface area contributed by atoms with Gasteiger partial charge in [0.05, 0.1) is 0 Å². The maximum atomic E-state index is 2.60. The van der Waals surface area contributed by atoms with E-state index in [1.165, 1.54) is 17.7 Å². The van der Waals surface area contributed by atoms with E-state index in [1.54, 1.807) is 0 Å². The van der Waals surface area contributed by atoms with Crippen LogP contribution in [0, 0.1) is 0 Å². The molecule has 1 fully saturated rings.